The van der Waals surface area contributed by atoms with Crippen LogP contribution < -0.4 is 4.74 Å². The minimum atomic E-state index is 0.736. The first-order chi connectivity index (χ1) is 12.8. The van der Waals surface area contributed by atoms with E-state index in [0.717, 1.165) is 27.6 Å². The number of ether oxygens (including phenoxy) is 1. The Kier molecular flexibility index (Phi) is 4.72. The largest absolute Gasteiger partial charge is 0.457 e. The Hall–Kier alpha value is -3.03. The van der Waals surface area contributed by atoms with E-state index in [1.165, 1.54) is 11.1 Å². The van der Waals surface area contributed by atoms with Crippen molar-refractivity contribution in [1.82, 2.24) is 0 Å². The molecule has 0 aliphatic rings. The van der Waals surface area contributed by atoms with Crippen LogP contribution in [0.2, 0.25) is 5.02 Å². The molecule has 0 N–H and O–H groups in total. The van der Waals surface area contributed by atoms with Crippen LogP contribution >= 0.6 is 11.6 Å². The number of benzene rings is 4. The Bertz CT molecular complexity index is 990. The van der Waals surface area contributed by atoms with Crippen molar-refractivity contribution in [2.75, 3.05) is 0 Å². The number of halogens is 1. The highest BCUT2D eigenvalue weighted by atomic mass is 35.5. The second-order valence-electron chi connectivity index (χ2n) is 6.03. The van der Waals surface area contributed by atoms with Gasteiger partial charge in [-0.25, -0.2) is 0 Å². The van der Waals surface area contributed by atoms with Crippen LogP contribution in [-0.4, -0.2) is 0 Å². The van der Waals surface area contributed by atoms with Crippen molar-refractivity contribution in [3.8, 4) is 33.8 Å². The Morgan fingerprint density at radius 3 is 1.77 bits per heavy atom. The normalized spacial score (nSPS) is 10.5. The lowest BCUT2D eigenvalue weighted by atomic mass is 10.1. The minimum Gasteiger partial charge on any atom is -0.457 e. The third-order valence-corrected chi connectivity index (χ3v) is 4.46. The highest BCUT2D eigenvalue weighted by molar-refractivity contribution is 6.30. The number of rotatable bonds is 4. The van der Waals surface area contributed by atoms with Crippen molar-refractivity contribution in [3.05, 3.63) is 108 Å². The fraction of sp³-hybridized carbons (Fsp3) is 0. The molecule has 4 aromatic rings. The Balaban J connectivity index is 1.54. The van der Waals surface area contributed by atoms with Crippen LogP contribution in [0.3, 0.4) is 0 Å². The molecular weight excluding hydrogens is 340 g/mol. The molecule has 126 valence electrons. The second-order valence-corrected chi connectivity index (χ2v) is 6.46. The monoisotopic (exact) mass is 356 g/mol. The van der Waals surface area contributed by atoms with Gasteiger partial charge in [0, 0.05) is 5.02 Å². The summed E-state index contributed by atoms with van der Waals surface area (Å²) in [6, 6.07) is 34.3. The molecule has 0 fully saturated rings. The van der Waals surface area contributed by atoms with E-state index in [-0.39, 0.29) is 0 Å². The van der Waals surface area contributed by atoms with E-state index in [4.69, 9.17) is 16.3 Å². The zero-order valence-electron chi connectivity index (χ0n) is 14.1. The summed E-state index contributed by atoms with van der Waals surface area (Å²) in [5.74, 6) is 1.63. The molecule has 26 heavy (non-hydrogen) atoms. The first-order valence-corrected chi connectivity index (χ1v) is 8.85. The maximum absolute atomic E-state index is 6.03. The van der Waals surface area contributed by atoms with Crippen molar-refractivity contribution in [2.24, 2.45) is 0 Å². The average Bonchev–Trinajstić information content (AvgIpc) is 2.70. The molecule has 0 heterocycles. The number of hydrogen-bond donors (Lipinski definition) is 0. The summed E-state index contributed by atoms with van der Waals surface area (Å²) >= 11 is 5.97. The van der Waals surface area contributed by atoms with Crippen LogP contribution in [0.15, 0.2) is 103 Å². The van der Waals surface area contributed by atoms with Gasteiger partial charge in [-0.15, -0.1) is 0 Å². The van der Waals surface area contributed by atoms with Crippen LogP contribution in [0.25, 0.3) is 22.3 Å². The van der Waals surface area contributed by atoms with Crippen molar-refractivity contribution in [2.45, 2.75) is 0 Å². The molecule has 0 amide bonds. The van der Waals surface area contributed by atoms with Gasteiger partial charge >= 0.3 is 0 Å². The molecular formula is C24H17ClO. The van der Waals surface area contributed by atoms with E-state index < -0.39 is 0 Å². The third-order valence-electron chi connectivity index (χ3n) is 4.21. The molecule has 0 atom stereocenters. The number of hydrogen-bond acceptors (Lipinski definition) is 1. The Labute approximate surface area is 158 Å². The summed E-state index contributed by atoms with van der Waals surface area (Å²) in [4.78, 5) is 0. The third kappa shape index (κ3) is 3.79. The summed E-state index contributed by atoms with van der Waals surface area (Å²) in [5, 5.41) is 0.736. The SMILES string of the molecule is Clc1ccc(-c2cccc(Oc3ccc(-c4ccccc4)cc3)c2)cc1. The lowest BCUT2D eigenvalue weighted by Gasteiger charge is -2.09. The lowest BCUT2D eigenvalue weighted by molar-refractivity contribution is 0.483. The van der Waals surface area contributed by atoms with E-state index in [1.807, 2.05) is 72.8 Å². The second kappa shape index (κ2) is 7.47. The summed E-state index contributed by atoms with van der Waals surface area (Å²) in [6.45, 7) is 0. The Morgan fingerprint density at radius 1 is 0.462 bits per heavy atom. The molecule has 0 aliphatic carbocycles. The van der Waals surface area contributed by atoms with Crippen LogP contribution in [-0.2, 0) is 0 Å². The smallest absolute Gasteiger partial charge is 0.128 e. The van der Waals surface area contributed by atoms with Gasteiger partial charge in [-0.05, 0) is 58.7 Å². The van der Waals surface area contributed by atoms with Gasteiger partial charge in [0.2, 0.25) is 0 Å². The molecule has 0 bridgehead atoms. The van der Waals surface area contributed by atoms with E-state index in [9.17, 15) is 0 Å². The zero-order valence-corrected chi connectivity index (χ0v) is 14.9. The average molecular weight is 357 g/mol. The first kappa shape index (κ1) is 16.4. The summed E-state index contributed by atoms with van der Waals surface area (Å²) in [7, 11) is 0. The molecule has 2 heteroatoms. The van der Waals surface area contributed by atoms with Gasteiger partial charge in [0.05, 0.1) is 0 Å². The molecule has 0 aliphatic heterocycles. The van der Waals surface area contributed by atoms with Gasteiger partial charge < -0.3 is 4.74 Å². The van der Waals surface area contributed by atoms with Gasteiger partial charge in [0.1, 0.15) is 11.5 Å². The zero-order chi connectivity index (χ0) is 17.8. The fourth-order valence-corrected chi connectivity index (χ4v) is 2.99. The molecule has 0 aromatic heterocycles. The van der Waals surface area contributed by atoms with Crippen LogP contribution in [0.5, 0.6) is 11.5 Å². The first-order valence-electron chi connectivity index (χ1n) is 8.47. The fourth-order valence-electron chi connectivity index (χ4n) is 2.86. The van der Waals surface area contributed by atoms with Crippen molar-refractivity contribution < 1.29 is 4.74 Å². The van der Waals surface area contributed by atoms with Gasteiger partial charge in [0.25, 0.3) is 0 Å². The van der Waals surface area contributed by atoms with Crippen molar-refractivity contribution >= 4 is 11.6 Å². The molecule has 0 saturated carbocycles. The van der Waals surface area contributed by atoms with E-state index in [0.29, 0.717) is 0 Å². The molecule has 0 unspecified atom stereocenters. The maximum Gasteiger partial charge on any atom is 0.128 e. The van der Waals surface area contributed by atoms with Gasteiger partial charge in [0.15, 0.2) is 0 Å². The molecule has 0 radical (unpaired) electrons. The van der Waals surface area contributed by atoms with Gasteiger partial charge in [-0.3, -0.25) is 0 Å². The van der Waals surface area contributed by atoms with E-state index >= 15 is 0 Å². The van der Waals surface area contributed by atoms with E-state index in [2.05, 4.69) is 30.3 Å². The molecule has 0 saturated heterocycles. The minimum absolute atomic E-state index is 0.736. The molecule has 4 rings (SSSR count). The van der Waals surface area contributed by atoms with Crippen molar-refractivity contribution in [3.63, 3.8) is 0 Å². The van der Waals surface area contributed by atoms with Gasteiger partial charge in [-0.2, -0.15) is 0 Å². The molecule has 0 spiro atoms. The quantitative estimate of drug-likeness (QED) is 0.368. The topological polar surface area (TPSA) is 9.23 Å². The molecule has 4 aromatic carbocycles. The predicted molar refractivity (Wildman–Crippen MR) is 109 cm³/mol. The highest BCUT2D eigenvalue weighted by Gasteiger charge is 2.03. The van der Waals surface area contributed by atoms with Crippen LogP contribution in [0.1, 0.15) is 0 Å². The Morgan fingerprint density at radius 2 is 1.04 bits per heavy atom. The standard InChI is InChI=1S/C24H17ClO/c25-22-13-9-20(10-14-22)21-7-4-8-24(17-21)26-23-15-11-19(12-16-23)18-5-2-1-3-6-18/h1-17H. The van der Waals surface area contributed by atoms with Crippen molar-refractivity contribution in [1.29, 1.82) is 0 Å². The van der Waals surface area contributed by atoms with E-state index in [1.54, 1.807) is 0 Å². The lowest BCUT2D eigenvalue weighted by Crippen LogP contribution is -1.86. The van der Waals surface area contributed by atoms with Crippen LogP contribution in [0.4, 0.5) is 0 Å². The van der Waals surface area contributed by atoms with Gasteiger partial charge in [-0.1, -0.05) is 78.3 Å². The molecule has 1 nitrogen and oxygen atoms in total. The maximum atomic E-state index is 6.03. The summed E-state index contributed by atoms with van der Waals surface area (Å²) in [6.07, 6.45) is 0. The summed E-state index contributed by atoms with van der Waals surface area (Å²) in [5.41, 5.74) is 4.58. The predicted octanol–water partition coefficient (Wildman–Crippen LogP) is 7.47. The highest BCUT2D eigenvalue weighted by Crippen LogP contribution is 2.29. The summed E-state index contributed by atoms with van der Waals surface area (Å²) < 4.78 is 6.03. The van der Waals surface area contributed by atoms with Crippen LogP contribution in [0, 0.1) is 0 Å².